The summed E-state index contributed by atoms with van der Waals surface area (Å²) in [4.78, 5) is 10.5. The van der Waals surface area contributed by atoms with Crippen LogP contribution in [-0.2, 0) is 4.79 Å². The summed E-state index contributed by atoms with van der Waals surface area (Å²) in [6.45, 7) is 3.72. The van der Waals surface area contributed by atoms with Gasteiger partial charge in [0.15, 0.2) is 0 Å². The van der Waals surface area contributed by atoms with E-state index in [-0.39, 0.29) is 5.92 Å². The van der Waals surface area contributed by atoms with Crippen LogP contribution in [-0.4, -0.2) is 6.29 Å². The van der Waals surface area contributed by atoms with Crippen molar-refractivity contribution in [3.63, 3.8) is 0 Å². The topological polar surface area (TPSA) is 17.1 Å². The Morgan fingerprint density at radius 3 is 2.20 bits per heavy atom. The van der Waals surface area contributed by atoms with Crippen molar-refractivity contribution in [2.75, 3.05) is 0 Å². The first-order valence-electron chi connectivity index (χ1n) is 3.96. The molecule has 1 heteroatoms. The molecule has 2 atom stereocenters. The van der Waals surface area contributed by atoms with E-state index in [4.69, 9.17) is 0 Å². The lowest BCUT2D eigenvalue weighted by Crippen LogP contribution is -2.18. The molecule has 0 aromatic carbocycles. The highest BCUT2D eigenvalue weighted by atomic mass is 16.1. The van der Waals surface area contributed by atoms with E-state index in [1.165, 1.54) is 12.8 Å². The molecule has 0 amide bonds. The van der Waals surface area contributed by atoms with Gasteiger partial charge in [0.1, 0.15) is 6.29 Å². The summed E-state index contributed by atoms with van der Waals surface area (Å²) < 4.78 is 0. The molecule has 1 aliphatic rings. The Bertz CT molecular complexity index is 113. The molecule has 0 N–H and O–H groups in total. The van der Waals surface area contributed by atoms with Gasteiger partial charge in [-0.1, -0.05) is 18.9 Å². The molecule has 0 aliphatic heterocycles. The van der Waals surface area contributed by atoms with Crippen LogP contribution in [0.4, 0.5) is 0 Å². The zero-order chi connectivity index (χ0) is 7.40. The summed E-state index contributed by atoms with van der Waals surface area (Å²) >= 11 is 0. The molecule has 0 unspecified atom stereocenters. The van der Waals surface area contributed by atoms with Gasteiger partial charge in [-0.2, -0.15) is 0 Å². The van der Waals surface area contributed by atoms with Gasteiger partial charge < -0.3 is 4.79 Å². The van der Waals surface area contributed by atoms with Crippen LogP contribution < -0.4 is 0 Å². The Kier molecular flexibility index (Phi) is 2.67. The van der Waals surface area contributed by atoms with E-state index in [0.29, 0.717) is 5.92 Å². The zero-order valence-electron chi connectivity index (χ0n) is 6.25. The molecule has 0 aromatic rings. The van der Waals surface area contributed by atoms with Crippen molar-refractivity contribution in [1.29, 1.82) is 0 Å². The van der Waals surface area contributed by atoms with Crippen LogP contribution in [0.15, 0.2) is 12.7 Å². The number of aldehydes is 1. The van der Waals surface area contributed by atoms with Crippen molar-refractivity contribution in [3.8, 4) is 0 Å². The molecular formula is C9H14O. The highest BCUT2D eigenvalue weighted by Gasteiger charge is 2.21. The van der Waals surface area contributed by atoms with Crippen molar-refractivity contribution in [2.45, 2.75) is 25.7 Å². The molecule has 1 saturated carbocycles. The summed E-state index contributed by atoms with van der Waals surface area (Å²) in [6, 6.07) is 0. The van der Waals surface area contributed by atoms with Gasteiger partial charge in [0.2, 0.25) is 0 Å². The van der Waals surface area contributed by atoms with Crippen LogP contribution in [0.3, 0.4) is 0 Å². The molecule has 56 valence electrons. The Morgan fingerprint density at radius 1 is 1.20 bits per heavy atom. The monoisotopic (exact) mass is 138 g/mol. The van der Waals surface area contributed by atoms with E-state index in [1.807, 2.05) is 6.08 Å². The quantitative estimate of drug-likeness (QED) is 0.422. The molecule has 1 fully saturated rings. The molecule has 1 nitrogen and oxygen atoms in total. The average molecular weight is 138 g/mol. The fourth-order valence-electron chi connectivity index (χ4n) is 1.65. The first-order chi connectivity index (χ1) is 4.88. The van der Waals surface area contributed by atoms with Crippen LogP contribution in [0.1, 0.15) is 25.7 Å². The lowest BCUT2D eigenvalue weighted by Gasteiger charge is -2.24. The summed E-state index contributed by atoms with van der Waals surface area (Å²) in [6.07, 6.45) is 7.73. The number of hydrogen-bond acceptors (Lipinski definition) is 1. The lowest BCUT2D eigenvalue weighted by molar-refractivity contribution is -0.112. The van der Waals surface area contributed by atoms with Crippen LogP contribution in [0.2, 0.25) is 0 Å². The predicted octanol–water partition coefficient (Wildman–Crippen LogP) is 2.18. The maximum atomic E-state index is 10.5. The molecule has 0 saturated heterocycles. The number of hydrogen-bond donors (Lipinski definition) is 0. The van der Waals surface area contributed by atoms with Crippen LogP contribution in [0.25, 0.3) is 0 Å². The summed E-state index contributed by atoms with van der Waals surface area (Å²) in [7, 11) is 0. The third-order valence-corrected chi connectivity index (χ3v) is 2.35. The Hall–Kier alpha value is -0.590. The second-order valence-corrected chi connectivity index (χ2v) is 2.98. The van der Waals surface area contributed by atoms with Crippen LogP contribution in [0, 0.1) is 11.8 Å². The fourth-order valence-corrected chi connectivity index (χ4v) is 1.65. The molecule has 1 aliphatic carbocycles. The standard InChI is InChI=1S/C9H14O/c1-2-8-5-3-4-6-9(8)7-10/h2,7-9H,1,3-6H2/t8-,9-/m1/s1. The lowest BCUT2D eigenvalue weighted by atomic mass is 9.80. The second kappa shape index (κ2) is 3.55. The normalized spacial score (nSPS) is 33.2. The fraction of sp³-hybridized carbons (Fsp3) is 0.667. The van der Waals surface area contributed by atoms with Gasteiger partial charge in [0.05, 0.1) is 0 Å². The maximum Gasteiger partial charge on any atom is 0.123 e. The third kappa shape index (κ3) is 1.47. The van der Waals surface area contributed by atoms with Crippen molar-refractivity contribution in [1.82, 2.24) is 0 Å². The number of carbonyl (C=O) groups is 1. The summed E-state index contributed by atoms with van der Waals surface area (Å²) in [5, 5.41) is 0. The number of allylic oxidation sites excluding steroid dienone is 1. The summed E-state index contributed by atoms with van der Waals surface area (Å²) in [5.74, 6) is 0.734. The minimum absolute atomic E-state index is 0.270. The van der Waals surface area contributed by atoms with Crippen molar-refractivity contribution < 1.29 is 4.79 Å². The first kappa shape index (κ1) is 7.52. The third-order valence-electron chi connectivity index (χ3n) is 2.35. The number of carbonyl (C=O) groups excluding carboxylic acids is 1. The average Bonchev–Trinajstić information content (AvgIpc) is 2.04. The highest BCUT2D eigenvalue weighted by Crippen LogP contribution is 2.28. The molecule has 0 aromatic heterocycles. The Morgan fingerprint density at radius 2 is 1.80 bits per heavy atom. The molecule has 10 heavy (non-hydrogen) atoms. The molecule has 1 rings (SSSR count). The van der Waals surface area contributed by atoms with E-state index in [2.05, 4.69) is 6.58 Å². The van der Waals surface area contributed by atoms with Gasteiger partial charge in [-0.05, 0) is 18.8 Å². The molecule has 0 bridgehead atoms. The minimum atomic E-state index is 0.270. The van der Waals surface area contributed by atoms with E-state index >= 15 is 0 Å². The molecule has 0 spiro atoms. The zero-order valence-corrected chi connectivity index (χ0v) is 6.25. The van der Waals surface area contributed by atoms with E-state index in [0.717, 1.165) is 19.1 Å². The van der Waals surface area contributed by atoms with Crippen LogP contribution >= 0.6 is 0 Å². The Labute approximate surface area is 62.1 Å². The van der Waals surface area contributed by atoms with Crippen molar-refractivity contribution in [2.24, 2.45) is 11.8 Å². The largest absolute Gasteiger partial charge is 0.303 e. The predicted molar refractivity (Wildman–Crippen MR) is 41.7 cm³/mol. The smallest absolute Gasteiger partial charge is 0.123 e. The van der Waals surface area contributed by atoms with Crippen molar-refractivity contribution >= 4 is 6.29 Å². The molecular weight excluding hydrogens is 124 g/mol. The second-order valence-electron chi connectivity index (χ2n) is 2.98. The van der Waals surface area contributed by atoms with Crippen molar-refractivity contribution in [3.05, 3.63) is 12.7 Å². The SMILES string of the molecule is C=C[C@@H]1CCCC[C@@H]1C=O. The van der Waals surface area contributed by atoms with Gasteiger partial charge >= 0.3 is 0 Å². The first-order valence-corrected chi connectivity index (χ1v) is 3.96. The number of rotatable bonds is 2. The van der Waals surface area contributed by atoms with Crippen LogP contribution in [0.5, 0.6) is 0 Å². The van der Waals surface area contributed by atoms with Gasteiger partial charge in [-0.25, -0.2) is 0 Å². The van der Waals surface area contributed by atoms with Gasteiger partial charge in [-0.3, -0.25) is 0 Å². The van der Waals surface area contributed by atoms with Gasteiger partial charge in [-0.15, -0.1) is 6.58 Å². The highest BCUT2D eigenvalue weighted by molar-refractivity contribution is 5.54. The minimum Gasteiger partial charge on any atom is -0.303 e. The molecule has 0 heterocycles. The summed E-state index contributed by atoms with van der Waals surface area (Å²) in [5.41, 5.74) is 0. The van der Waals surface area contributed by atoms with E-state index in [9.17, 15) is 4.79 Å². The van der Waals surface area contributed by atoms with Gasteiger partial charge in [0.25, 0.3) is 0 Å². The van der Waals surface area contributed by atoms with E-state index in [1.54, 1.807) is 0 Å². The maximum absolute atomic E-state index is 10.5. The Balaban J connectivity index is 2.49. The molecule has 0 radical (unpaired) electrons. The van der Waals surface area contributed by atoms with Gasteiger partial charge in [0, 0.05) is 5.92 Å². The van der Waals surface area contributed by atoms with E-state index < -0.39 is 0 Å².